The Hall–Kier alpha value is -1.65. The van der Waals surface area contributed by atoms with E-state index in [9.17, 15) is 0 Å². The fourth-order valence-corrected chi connectivity index (χ4v) is 1.75. The van der Waals surface area contributed by atoms with Crippen LogP contribution in [-0.4, -0.2) is 16.0 Å². The van der Waals surface area contributed by atoms with Gasteiger partial charge in [-0.25, -0.2) is 4.98 Å². The summed E-state index contributed by atoms with van der Waals surface area (Å²) in [5.41, 5.74) is 1.96. The molecule has 2 rings (SSSR count). The van der Waals surface area contributed by atoms with Crippen LogP contribution < -0.4 is 10.1 Å². The molecule has 106 valence electrons. The highest BCUT2D eigenvalue weighted by molar-refractivity contribution is 6.32. The van der Waals surface area contributed by atoms with E-state index in [0.29, 0.717) is 29.2 Å². The van der Waals surface area contributed by atoms with Crippen LogP contribution in [0, 0.1) is 6.92 Å². The van der Waals surface area contributed by atoms with Gasteiger partial charge in [0.1, 0.15) is 5.75 Å². The number of hydrogen-bond donors (Lipinski definition) is 1. The number of aromatic nitrogens is 2. The summed E-state index contributed by atoms with van der Waals surface area (Å²) in [6, 6.07) is 6.03. The van der Waals surface area contributed by atoms with Crippen molar-refractivity contribution in [1.82, 2.24) is 15.3 Å². The van der Waals surface area contributed by atoms with Crippen molar-refractivity contribution in [2.24, 2.45) is 0 Å². The van der Waals surface area contributed by atoms with Crippen LogP contribution >= 0.6 is 11.6 Å². The van der Waals surface area contributed by atoms with E-state index >= 15 is 0 Å². The van der Waals surface area contributed by atoms with E-state index in [0.717, 1.165) is 11.3 Å². The number of nitrogens with zero attached hydrogens (tertiary/aromatic N) is 2. The molecule has 0 aliphatic carbocycles. The number of nitrogens with one attached hydrogen (secondary N) is 1. The Morgan fingerprint density at radius 2 is 2.05 bits per heavy atom. The van der Waals surface area contributed by atoms with Gasteiger partial charge in [-0.2, -0.15) is 0 Å². The van der Waals surface area contributed by atoms with Crippen LogP contribution in [0.15, 0.2) is 30.6 Å². The molecule has 0 aliphatic rings. The lowest BCUT2D eigenvalue weighted by Gasteiger charge is -2.09. The predicted molar refractivity (Wildman–Crippen MR) is 80.3 cm³/mol. The summed E-state index contributed by atoms with van der Waals surface area (Å²) in [5, 5.41) is 3.84. The molecule has 0 saturated carbocycles. The second kappa shape index (κ2) is 6.68. The van der Waals surface area contributed by atoms with Crippen molar-refractivity contribution in [2.75, 3.05) is 0 Å². The minimum absolute atomic E-state index is 0.416. The Kier molecular flexibility index (Phi) is 4.93. The molecule has 1 aromatic carbocycles. The van der Waals surface area contributed by atoms with Crippen LogP contribution in [0.3, 0.4) is 0 Å². The second-order valence-corrected chi connectivity index (χ2v) is 5.32. The first-order valence-electron chi connectivity index (χ1n) is 6.53. The topological polar surface area (TPSA) is 47.0 Å². The van der Waals surface area contributed by atoms with E-state index < -0.39 is 0 Å². The molecule has 0 amide bonds. The van der Waals surface area contributed by atoms with Crippen molar-refractivity contribution >= 4 is 11.6 Å². The largest absolute Gasteiger partial charge is 0.436 e. The third-order valence-corrected chi connectivity index (χ3v) is 2.99. The molecule has 0 spiro atoms. The third kappa shape index (κ3) is 4.18. The van der Waals surface area contributed by atoms with E-state index in [4.69, 9.17) is 16.3 Å². The molecule has 1 aromatic heterocycles. The molecular weight excluding hydrogens is 274 g/mol. The lowest BCUT2D eigenvalue weighted by Crippen LogP contribution is -2.22. The second-order valence-electron chi connectivity index (χ2n) is 4.92. The zero-order valence-electron chi connectivity index (χ0n) is 11.9. The molecule has 0 radical (unpaired) electrons. The molecule has 2 aromatic rings. The fraction of sp³-hybridized carbons (Fsp3) is 0.333. The summed E-state index contributed by atoms with van der Waals surface area (Å²) >= 11 is 6.08. The highest BCUT2D eigenvalue weighted by atomic mass is 35.5. The number of benzene rings is 1. The molecule has 5 heteroatoms. The summed E-state index contributed by atoms with van der Waals surface area (Å²) < 4.78 is 5.64. The highest BCUT2D eigenvalue weighted by Gasteiger charge is 2.05. The molecule has 0 saturated heterocycles. The monoisotopic (exact) mass is 291 g/mol. The molecule has 4 nitrogen and oxygen atoms in total. The number of ether oxygens (including phenoxy) is 1. The Balaban J connectivity index is 2.05. The van der Waals surface area contributed by atoms with Crippen molar-refractivity contribution in [1.29, 1.82) is 0 Å². The average Bonchev–Trinajstić information content (AvgIpc) is 2.42. The van der Waals surface area contributed by atoms with Crippen LogP contribution in [0.1, 0.15) is 25.1 Å². The fourth-order valence-electron chi connectivity index (χ4n) is 1.60. The smallest absolute Gasteiger partial charge is 0.237 e. The van der Waals surface area contributed by atoms with E-state index in [1.54, 1.807) is 18.5 Å². The van der Waals surface area contributed by atoms with E-state index in [-0.39, 0.29) is 0 Å². The van der Waals surface area contributed by atoms with E-state index in [1.165, 1.54) is 0 Å². The number of aryl methyl sites for hydroxylation is 1. The quantitative estimate of drug-likeness (QED) is 0.912. The van der Waals surface area contributed by atoms with Gasteiger partial charge in [0.05, 0.1) is 23.1 Å². The maximum absolute atomic E-state index is 6.08. The summed E-state index contributed by atoms with van der Waals surface area (Å²) in [6.07, 6.45) is 3.31. The van der Waals surface area contributed by atoms with Crippen molar-refractivity contribution < 1.29 is 4.74 Å². The van der Waals surface area contributed by atoms with Gasteiger partial charge in [0.25, 0.3) is 0 Å². The molecule has 0 atom stereocenters. The maximum atomic E-state index is 6.08. The molecule has 20 heavy (non-hydrogen) atoms. The van der Waals surface area contributed by atoms with Crippen molar-refractivity contribution in [3.63, 3.8) is 0 Å². The number of hydrogen-bond acceptors (Lipinski definition) is 4. The van der Waals surface area contributed by atoms with Crippen LogP contribution in [0.5, 0.6) is 11.6 Å². The Morgan fingerprint density at radius 1 is 1.25 bits per heavy atom. The van der Waals surface area contributed by atoms with Crippen LogP contribution in [0.4, 0.5) is 0 Å². The molecule has 1 N–H and O–H groups in total. The van der Waals surface area contributed by atoms with Gasteiger partial charge in [-0.15, -0.1) is 0 Å². The predicted octanol–water partition coefficient (Wildman–Crippen LogP) is 3.73. The van der Waals surface area contributed by atoms with Crippen molar-refractivity contribution in [2.45, 2.75) is 33.4 Å². The van der Waals surface area contributed by atoms with Crippen LogP contribution in [-0.2, 0) is 6.54 Å². The highest BCUT2D eigenvalue weighted by Crippen LogP contribution is 2.28. The first-order valence-corrected chi connectivity index (χ1v) is 6.90. The van der Waals surface area contributed by atoms with Gasteiger partial charge in [-0.05, 0) is 24.6 Å². The minimum atomic E-state index is 0.416. The normalized spacial score (nSPS) is 10.8. The molecule has 0 unspecified atom stereocenters. The Labute approximate surface area is 124 Å². The first-order chi connectivity index (χ1) is 9.54. The molecule has 0 aliphatic heterocycles. The average molecular weight is 292 g/mol. The molecule has 1 heterocycles. The lowest BCUT2D eigenvalue weighted by atomic mass is 10.2. The number of rotatable bonds is 5. The summed E-state index contributed by atoms with van der Waals surface area (Å²) in [5.74, 6) is 1.03. The van der Waals surface area contributed by atoms with Gasteiger partial charge < -0.3 is 10.1 Å². The van der Waals surface area contributed by atoms with Crippen molar-refractivity contribution in [3.8, 4) is 11.6 Å². The third-order valence-electron chi connectivity index (χ3n) is 2.67. The van der Waals surface area contributed by atoms with Gasteiger partial charge >= 0.3 is 0 Å². The van der Waals surface area contributed by atoms with Gasteiger partial charge in [0.15, 0.2) is 0 Å². The Bertz CT molecular complexity index is 570. The van der Waals surface area contributed by atoms with Crippen LogP contribution in [0.2, 0.25) is 5.02 Å². The summed E-state index contributed by atoms with van der Waals surface area (Å²) in [7, 11) is 0. The Morgan fingerprint density at radius 3 is 2.70 bits per heavy atom. The van der Waals surface area contributed by atoms with Gasteiger partial charge in [0.2, 0.25) is 5.88 Å². The standard InChI is InChI=1S/C15H18ClN3O/c1-10(2)17-7-12-8-19-15(9-18-12)20-14-6-11(3)4-5-13(14)16/h4-6,8-10,17H,7H2,1-3H3. The van der Waals surface area contributed by atoms with Gasteiger partial charge in [-0.3, -0.25) is 4.98 Å². The SMILES string of the molecule is Cc1ccc(Cl)c(Oc2cnc(CNC(C)C)cn2)c1. The maximum Gasteiger partial charge on any atom is 0.237 e. The molecule has 0 fully saturated rings. The first kappa shape index (κ1) is 14.8. The lowest BCUT2D eigenvalue weighted by molar-refractivity contribution is 0.458. The van der Waals surface area contributed by atoms with E-state index in [1.807, 2.05) is 19.1 Å². The van der Waals surface area contributed by atoms with Gasteiger partial charge in [0, 0.05) is 12.6 Å². The summed E-state index contributed by atoms with van der Waals surface area (Å²) in [4.78, 5) is 8.55. The number of halogens is 1. The van der Waals surface area contributed by atoms with E-state index in [2.05, 4.69) is 29.1 Å². The zero-order chi connectivity index (χ0) is 14.5. The molecule has 0 bridgehead atoms. The summed E-state index contributed by atoms with van der Waals surface area (Å²) in [6.45, 7) is 6.85. The van der Waals surface area contributed by atoms with Crippen LogP contribution in [0.25, 0.3) is 0 Å². The molecular formula is C15H18ClN3O. The zero-order valence-corrected chi connectivity index (χ0v) is 12.6. The van der Waals surface area contributed by atoms with Gasteiger partial charge in [-0.1, -0.05) is 31.5 Å². The van der Waals surface area contributed by atoms with Crippen molar-refractivity contribution in [3.05, 3.63) is 46.9 Å². The minimum Gasteiger partial charge on any atom is -0.436 e.